The number of benzene rings is 1. The van der Waals surface area contributed by atoms with Crippen LogP contribution in [-0.2, 0) is 9.53 Å². The molecular weight excluding hydrogens is 478 g/mol. The second-order valence-electron chi connectivity index (χ2n) is 8.64. The second kappa shape index (κ2) is 9.81. The number of carbonyl (C=O) groups is 2. The van der Waals surface area contributed by atoms with Gasteiger partial charge in [-0.05, 0) is 50.3 Å². The van der Waals surface area contributed by atoms with Crippen molar-refractivity contribution in [1.82, 2.24) is 19.9 Å². The summed E-state index contributed by atoms with van der Waals surface area (Å²) in [5, 5.41) is 6.39. The van der Waals surface area contributed by atoms with Gasteiger partial charge in [-0.3, -0.25) is 19.0 Å². The van der Waals surface area contributed by atoms with E-state index in [2.05, 4.69) is 20.6 Å². The molecule has 2 atom stereocenters. The zero-order chi connectivity index (χ0) is 23.7. The molecule has 1 saturated heterocycles. The molecule has 2 fully saturated rings. The average Bonchev–Trinajstić information content (AvgIpc) is 3.57. The predicted molar refractivity (Wildman–Crippen MR) is 129 cm³/mol. The Hall–Kier alpha value is -2.82. The summed E-state index contributed by atoms with van der Waals surface area (Å²) in [4.78, 5) is 47.5. The van der Waals surface area contributed by atoms with E-state index in [4.69, 9.17) is 16.3 Å². The number of hydrogen-bond acceptors (Lipinski definition) is 7. The molecular formula is C23H24ClN5O4S. The lowest BCUT2D eigenvalue weighted by Crippen LogP contribution is -2.37. The van der Waals surface area contributed by atoms with Crippen LogP contribution in [0.1, 0.15) is 54.9 Å². The van der Waals surface area contributed by atoms with Crippen molar-refractivity contribution in [2.45, 2.75) is 56.7 Å². The zero-order valence-corrected chi connectivity index (χ0v) is 19.9. The van der Waals surface area contributed by atoms with Crippen molar-refractivity contribution in [3.63, 3.8) is 0 Å². The first-order valence-electron chi connectivity index (χ1n) is 11.3. The number of fused-ring (bicyclic) bond motifs is 1. The molecule has 0 spiro atoms. The predicted octanol–water partition coefficient (Wildman–Crippen LogP) is 3.54. The SMILES string of the molecule is O=C(NC1CC1)c1ccc2c(=O)n(C(CC3CCCCO3)C(=O)Nc3ncc(Cl)s3)cnc2c1. The van der Waals surface area contributed by atoms with Crippen molar-refractivity contribution in [2.24, 2.45) is 0 Å². The maximum Gasteiger partial charge on any atom is 0.261 e. The van der Waals surface area contributed by atoms with Gasteiger partial charge in [0, 0.05) is 24.6 Å². The summed E-state index contributed by atoms with van der Waals surface area (Å²) in [6, 6.07) is 4.21. The van der Waals surface area contributed by atoms with Gasteiger partial charge in [0.1, 0.15) is 10.4 Å². The standard InChI is InChI=1S/C23H24ClN5O4S/c24-19-11-25-23(34-19)28-21(31)18(10-15-3-1-2-8-33-15)29-12-26-17-9-13(4-7-16(17)22(29)32)20(30)27-14-5-6-14/h4,7,9,11-12,14-15,18H,1-3,5-6,8,10H2,(H,27,30)(H,25,28,31). The van der Waals surface area contributed by atoms with Crippen LogP contribution in [-0.4, -0.2) is 45.1 Å². The van der Waals surface area contributed by atoms with Crippen LogP contribution in [0.2, 0.25) is 4.34 Å². The largest absolute Gasteiger partial charge is 0.378 e. The molecule has 0 bridgehead atoms. The van der Waals surface area contributed by atoms with Gasteiger partial charge in [0.15, 0.2) is 5.13 Å². The van der Waals surface area contributed by atoms with Crippen molar-refractivity contribution < 1.29 is 14.3 Å². The molecule has 2 unspecified atom stereocenters. The van der Waals surface area contributed by atoms with Crippen LogP contribution in [0.4, 0.5) is 5.13 Å². The highest BCUT2D eigenvalue weighted by Crippen LogP contribution is 2.27. The first-order chi connectivity index (χ1) is 16.5. The molecule has 178 valence electrons. The summed E-state index contributed by atoms with van der Waals surface area (Å²) < 4.78 is 7.64. The van der Waals surface area contributed by atoms with E-state index in [1.54, 1.807) is 18.2 Å². The summed E-state index contributed by atoms with van der Waals surface area (Å²) in [5.41, 5.74) is 0.506. The van der Waals surface area contributed by atoms with Crippen LogP contribution in [0.15, 0.2) is 35.5 Å². The van der Waals surface area contributed by atoms with Gasteiger partial charge in [0.25, 0.3) is 11.5 Å². The topological polar surface area (TPSA) is 115 Å². The van der Waals surface area contributed by atoms with E-state index in [9.17, 15) is 14.4 Å². The van der Waals surface area contributed by atoms with E-state index in [0.29, 0.717) is 39.0 Å². The number of ether oxygens (including phenoxy) is 1. The quantitative estimate of drug-likeness (QED) is 0.511. The number of halogens is 1. The fourth-order valence-electron chi connectivity index (χ4n) is 4.09. The highest BCUT2D eigenvalue weighted by molar-refractivity contribution is 7.19. The molecule has 1 aromatic carbocycles. The molecule has 1 saturated carbocycles. The van der Waals surface area contributed by atoms with Crippen LogP contribution >= 0.6 is 22.9 Å². The molecule has 3 heterocycles. The number of aromatic nitrogens is 3. The number of rotatable bonds is 7. The zero-order valence-electron chi connectivity index (χ0n) is 18.3. The maximum atomic E-state index is 13.4. The van der Waals surface area contributed by atoms with Gasteiger partial charge in [-0.15, -0.1) is 0 Å². The van der Waals surface area contributed by atoms with E-state index in [0.717, 1.165) is 43.4 Å². The van der Waals surface area contributed by atoms with Gasteiger partial charge in [-0.2, -0.15) is 0 Å². The molecule has 0 radical (unpaired) electrons. The van der Waals surface area contributed by atoms with Gasteiger partial charge in [-0.1, -0.05) is 22.9 Å². The second-order valence-corrected chi connectivity index (χ2v) is 10.3. The van der Waals surface area contributed by atoms with E-state index < -0.39 is 6.04 Å². The minimum atomic E-state index is -0.840. The third-order valence-corrected chi connectivity index (χ3v) is 7.10. The van der Waals surface area contributed by atoms with E-state index in [1.807, 2.05) is 0 Å². The maximum absolute atomic E-state index is 13.4. The lowest BCUT2D eigenvalue weighted by atomic mass is 10.0. The van der Waals surface area contributed by atoms with Crippen LogP contribution in [0.5, 0.6) is 0 Å². The minimum Gasteiger partial charge on any atom is -0.378 e. The Balaban J connectivity index is 1.45. The fourth-order valence-corrected chi connectivity index (χ4v) is 4.90. The summed E-state index contributed by atoms with van der Waals surface area (Å²) in [7, 11) is 0. The molecule has 2 aliphatic rings. The van der Waals surface area contributed by atoms with Crippen molar-refractivity contribution in [2.75, 3.05) is 11.9 Å². The summed E-state index contributed by atoms with van der Waals surface area (Å²) in [6.45, 7) is 0.637. The highest BCUT2D eigenvalue weighted by atomic mass is 35.5. The van der Waals surface area contributed by atoms with E-state index in [1.165, 1.54) is 17.1 Å². The lowest BCUT2D eigenvalue weighted by molar-refractivity contribution is -0.121. The van der Waals surface area contributed by atoms with Gasteiger partial charge in [0.2, 0.25) is 5.91 Å². The van der Waals surface area contributed by atoms with E-state index >= 15 is 0 Å². The monoisotopic (exact) mass is 501 g/mol. The molecule has 2 N–H and O–H groups in total. The van der Waals surface area contributed by atoms with Crippen molar-refractivity contribution in [3.05, 3.63) is 51.0 Å². The molecule has 9 nitrogen and oxygen atoms in total. The molecule has 11 heteroatoms. The first kappa shape index (κ1) is 22.9. The summed E-state index contributed by atoms with van der Waals surface area (Å²) in [5.74, 6) is -0.562. The number of nitrogens with zero attached hydrogens (tertiary/aromatic N) is 3. The smallest absolute Gasteiger partial charge is 0.261 e. The minimum absolute atomic E-state index is 0.138. The molecule has 34 heavy (non-hydrogen) atoms. The van der Waals surface area contributed by atoms with Gasteiger partial charge in [-0.25, -0.2) is 9.97 Å². The lowest BCUT2D eigenvalue weighted by Gasteiger charge is -2.27. The molecule has 1 aliphatic carbocycles. The van der Waals surface area contributed by atoms with Crippen molar-refractivity contribution in [3.8, 4) is 0 Å². The third kappa shape index (κ3) is 5.13. The Bertz CT molecular complexity index is 1280. The number of amides is 2. The Kier molecular flexibility index (Phi) is 6.62. The number of anilines is 1. The first-order valence-corrected chi connectivity index (χ1v) is 12.5. The number of carbonyl (C=O) groups excluding carboxylic acids is 2. The number of thiazole rings is 1. The molecule has 5 rings (SSSR count). The molecule has 2 amide bonds. The number of hydrogen-bond donors (Lipinski definition) is 2. The molecule has 2 aromatic heterocycles. The Morgan fingerprint density at radius 2 is 2.09 bits per heavy atom. The summed E-state index contributed by atoms with van der Waals surface area (Å²) in [6.07, 6.45) is 7.82. The Labute approximate surface area is 204 Å². The average molecular weight is 502 g/mol. The molecule has 3 aromatic rings. The van der Waals surface area contributed by atoms with Crippen LogP contribution in [0.3, 0.4) is 0 Å². The Morgan fingerprint density at radius 1 is 1.24 bits per heavy atom. The number of nitrogens with one attached hydrogen (secondary N) is 2. The van der Waals surface area contributed by atoms with Crippen molar-refractivity contribution in [1.29, 1.82) is 0 Å². The Morgan fingerprint density at radius 3 is 2.79 bits per heavy atom. The summed E-state index contributed by atoms with van der Waals surface area (Å²) >= 11 is 7.09. The van der Waals surface area contributed by atoms with Gasteiger partial charge < -0.3 is 15.4 Å². The normalized spacial score (nSPS) is 19.0. The third-order valence-electron chi connectivity index (χ3n) is 6.06. The van der Waals surface area contributed by atoms with Crippen LogP contribution in [0.25, 0.3) is 10.9 Å². The highest BCUT2D eigenvalue weighted by Gasteiger charge is 2.29. The van der Waals surface area contributed by atoms with Crippen LogP contribution < -0.4 is 16.2 Å². The van der Waals surface area contributed by atoms with Crippen molar-refractivity contribution >= 4 is 50.8 Å². The van der Waals surface area contributed by atoms with E-state index in [-0.39, 0.29) is 29.5 Å². The van der Waals surface area contributed by atoms with Gasteiger partial charge in [0.05, 0.1) is 29.5 Å². The van der Waals surface area contributed by atoms with Crippen LogP contribution in [0, 0.1) is 0 Å². The fraction of sp³-hybridized carbons (Fsp3) is 0.435. The van der Waals surface area contributed by atoms with Gasteiger partial charge >= 0.3 is 0 Å². The molecule has 1 aliphatic heterocycles.